The molecule has 0 rings (SSSR count). The summed E-state index contributed by atoms with van der Waals surface area (Å²) in [5.74, 6) is 0.163. The second-order valence-corrected chi connectivity index (χ2v) is 7.94. The van der Waals surface area contributed by atoms with Crippen LogP contribution in [0.25, 0.3) is 0 Å². The highest BCUT2D eigenvalue weighted by Gasteiger charge is 2.35. The Morgan fingerprint density at radius 1 is 1.21 bits per heavy atom. The average Bonchev–Trinajstić information content (AvgIpc) is 2.12. The highest BCUT2D eigenvalue weighted by atomic mass is 32.1. The van der Waals surface area contributed by atoms with Crippen LogP contribution in [0.4, 0.5) is 0 Å². The Morgan fingerprint density at radius 2 is 1.68 bits per heavy atom. The van der Waals surface area contributed by atoms with Gasteiger partial charge in [0.25, 0.3) is 0 Å². The fraction of sp³-hybridized carbons (Fsp3) is 0.867. The number of nitrogens with two attached hydrogens (primary N) is 1. The van der Waals surface area contributed by atoms with E-state index in [-0.39, 0.29) is 22.8 Å². The molecule has 0 aromatic rings. The van der Waals surface area contributed by atoms with Crippen molar-refractivity contribution in [2.75, 3.05) is 6.54 Å². The van der Waals surface area contributed by atoms with Crippen LogP contribution < -0.4 is 5.73 Å². The molecule has 0 saturated carbocycles. The zero-order valence-electron chi connectivity index (χ0n) is 13.5. The summed E-state index contributed by atoms with van der Waals surface area (Å²) in [5.41, 5.74) is 5.56. The van der Waals surface area contributed by atoms with E-state index in [0.29, 0.717) is 18.0 Å². The lowest BCUT2D eigenvalue weighted by Crippen LogP contribution is -2.51. The second-order valence-electron chi connectivity index (χ2n) is 7.41. The van der Waals surface area contributed by atoms with Gasteiger partial charge in [0.1, 0.15) is 0 Å². The number of carbonyl (C=O) groups excluding carboxylic acids is 1. The van der Waals surface area contributed by atoms with Gasteiger partial charge in [-0.3, -0.25) is 4.79 Å². The van der Waals surface area contributed by atoms with Gasteiger partial charge in [0.2, 0.25) is 5.91 Å². The summed E-state index contributed by atoms with van der Waals surface area (Å²) >= 11 is 4.94. The van der Waals surface area contributed by atoms with Gasteiger partial charge in [-0.2, -0.15) is 0 Å². The first-order valence-corrected chi connectivity index (χ1v) is 7.37. The summed E-state index contributed by atoms with van der Waals surface area (Å²) < 4.78 is 0. The summed E-state index contributed by atoms with van der Waals surface area (Å²) in [5, 5.41) is 0. The monoisotopic (exact) mass is 286 g/mol. The van der Waals surface area contributed by atoms with Crippen LogP contribution in [0.2, 0.25) is 0 Å². The van der Waals surface area contributed by atoms with Gasteiger partial charge < -0.3 is 10.6 Å². The van der Waals surface area contributed by atoms with Crippen LogP contribution in [0, 0.1) is 11.3 Å². The van der Waals surface area contributed by atoms with Gasteiger partial charge in [0.05, 0.1) is 4.99 Å². The molecule has 0 radical (unpaired) electrons. The minimum Gasteiger partial charge on any atom is -0.393 e. The molecule has 0 aliphatic carbocycles. The van der Waals surface area contributed by atoms with Crippen molar-refractivity contribution in [3.8, 4) is 0 Å². The molecule has 0 unspecified atom stereocenters. The van der Waals surface area contributed by atoms with Crippen LogP contribution in [0.15, 0.2) is 0 Å². The van der Waals surface area contributed by atoms with Gasteiger partial charge >= 0.3 is 0 Å². The fourth-order valence-corrected chi connectivity index (χ4v) is 2.73. The van der Waals surface area contributed by atoms with Crippen molar-refractivity contribution in [2.24, 2.45) is 17.1 Å². The summed E-state index contributed by atoms with van der Waals surface area (Å²) in [6.07, 6.45) is 1.52. The zero-order valence-corrected chi connectivity index (χ0v) is 14.4. The van der Waals surface area contributed by atoms with Crippen molar-refractivity contribution in [3.05, 3.63) is 0 Å². The number of nitrogens with zero attached hydrogens (tertiary/aromatic N) is 1. The Labute approximate surface area is 123 Å². The number of hydrogen-bond donors (Lipinski definition) is 1. The summed E-state index contributed by atoms with van der Waals surface area (Å²) in [7, 11) is 0. The van der Waals surface area contributed by atoms with E-state index < -0.39 is 0 Å². The molecule has 4 heteroatoms. The van der Waals surface area contributed by atoms with Crippen LogP contribution in [0.3, 0.4) is 0 Å². The first kappa shape index (κ1) is 18.4. The van der Waals surface area contributed by atoms with Crippen molar-refractivity contribution in [3.63, 3.8) is 0 Å². The molecule has 0 aliphatic rings. The molecule has 0 atom stereocenters. The molecule has 1 amide bonds. The average molecular weight is 286 g/mol. The lowest BCUT2D eigenvalue weighted by molar-refractivity contribution is -0.140. The quantitative estimate of drug-likeness (QED) is 0.762. The van der Waals surface area contributed by atoms with Crippen LogP contribution in [-0.4, -0.2) is 27.9 Å². The Hall–Kier alpha value is -0.640. The Bertz CT molecular complexity index is 330. The third-order valence-corrected chi connectivity index (χ3v) is 3.24. The molecule has 112 valence electrons. The van der Waals surface area contributed by atoms with Gasteiger partial charge in [-0.05, 0) is 25.7 Å². The number of rotatable bonds is 6. The van der Waals surface area contributed by atoms with Crippen molar-refractivity contribution < 1.29 is 4.79 Å². The van der Waals surface area contributed by atoms with Gasteiger partial charge in [-0.25, -0.2) is 0 Å². The molecule has 0 aliphatic heterocycles. The molecule has 3 nitrogen and oxygen atoms in total. The molecule has 0 saturated heterocycles. The highest BCUT2D eigenvalue weighted by Crippen LogP contribution is 2.32. The van der Waals surface area contributed by atoms with E-state index >= 15 is 0 Å². The maximum atomic E-state index is 12.4. The molecule has 0 aromatic carbocycles. The van der Waals surface area contributed by atoms with Gasteiger partial charge in [0.15, 0.2) is 0 Å². The highest BCUT2D eigenvalue weighted by molar-refractivity contribution is 7.80. The largest absolute Gasteiger partial charge is 0.393 e. The smallest absolute Gasteiger partial charge is 0.225 e. The first-order chi connectivity index (χ1) is 8.37. The Morgan fingerprint density at radius 3 is 2.00 bits per heavy atom. The van der Waals surface area contributed by atoms with E-state index in [4.69, 9.17) is 18.0 Å². The molecule has 0 bridgehead atoms. The van der Waals surface area contributed by atoms with E-state index in [0.717, 1.165) is 6.42 Å². The van der Waals surface area contributed by atoms with E-state index in [9.17, 15) is 4.79 Å². The number of hydrogen-bond acceptors (Lipinski definition) is 2. The van der Waals surface area contributed by atoms with E-state index in [2.05, 4.69) is 34.6 Å². The van der Waals surface area contributed by atoms with Crippen molar-refractivity contribution >= 4 is 23.1 Å². The molecule has 0 heterocycles. The third kappa shape index (κ3) is 6.90. The predicted octanol–water partition coefficient (Wildman–Crippen LogP) is 3.36. The summed E-state index contributed by atoms with van der Waals surface area (Å²) in [4.78, 5) is 14.8. The lowest BCUT2D eigenvalue weighted by atomic mass is 9.80. The third-order valence-electron chi connectivity index (χ3n) is 3.04. The minimum atomic E-state index is -0.190. The van der Waals surface area contributed by atoms with E-state index in [1.54, 1.807) is 0 Å². The molecular formula is C15H30N2OS. The van der Waals surface area contributed by atoms with Gasteiger partial charge in [-0.15, -0.1) is 0 Å². The maximum absolute atomic E-state index is 12.4. The van der Waals surface area contributed by atoms with Gasteiger partial charge in [-0.1, -0.05) is 46.8 Å². The Balaban J connectivity index is 5.09. The maximum Gasteiger partial charge on any atom is 0.225 e. The molecule has 19 heavy (non-hydrogen) atoms. The van der Waals surface area contributed by atoms with Crippen LogP contribution >= 0.6 is 12.2 Å². The molecular weight excluding hydrogens is 256 g/mol. The van der Waals surface area contributed by atoms with E-state index in [1.807, 2.05) is 18.7 Å². The van der Waals surface area contributed by atoms with Crippen LogP contribution in [0.5, 0.6) is 0 Å². The molecule has 0 fully saturated rings. The summed E-state index contributed by atoms with van der Waals surface area (Å²) in [6.45, 7) is 15.3. The number of thiocarbonyl (C=S) groups is 1. The SMILES string of the molecule is CC(C)C(=O)N(CCC(N)=S)C(C)(C)CC(C)(C)C. The molecule has 2 N–H and O–H groups in total. The van der Waals surface area contributed by atoms with Crippen molar-refractivity contribution in [1.29, 1.82) is 0 Å². The van der Waals surface area contributed by atoms with Crippen molar-refractivity contribution in [1.82, 2.24) is 4.90 Å². The van der Waals surface area contributed by atoms with Crippen LogP contribution in [-0.2, 0) is 4.79 Å². The Kier molecular flexibility index (Phi) is 6.46. The normalized spacial score (nSPS) is 12.6. The van der Waals surface area contributed by atoms with Gasteiger partial charge in [0, 0.05) is 24.4 Å². The predicted molar refractivity (Wildman–Crippen MR) is 86.1 cm³/mol. The number of amides is 1. The number of carbonyl (C=O) groups is 1. The second kappa shape index (κ2) is 6.69. The van der Waals surface area contributed by atoms with Crippen LogP contribution in [0.1, 0.15) is 61.3 Å². The van der Waals surface area contributed by atoms with E-state index in [1.165, 1.54) is 0 Å². The fourth-order valence-electron chi connectivity index (χ4n) is 2.64. The minimum absolute atomic E-state index is 0.00871. The zero-order chi connectivity index (χ0) is 15.4. The molecule has 0 aromatic heterocycles. The van der Waals surface area contributed by atoms with Crippen molar-refractivity contribution in [2.45, 2.75) is 66.8 Å². The topological polar surface area (TPSA) is 46.3 Å². The lowest BCUT2D eigenvalue weighted by Gasteiger charge is -2.43. The summed E-state index contributed by atoms with van der Waals surface area (Å²) in [6, 6.07) is 0. The first-order valence-electron chi connectivity index (χ1n) is 6.96. The standard InChI is InChI=1S/C15H30N2OS/c1-11(2)13(18)17(9-8-12(16)19)15(6,7)10-14(3,4)5/h11H,8-10H2,1-7H3,(H2,16,19). The molecule has 0 spiro atoms.